The Bertz CT molecular complexity index is 313. The van der Waals surface area contributed by atoms with Gasteiger partial charge in [0.2, 0.25) is 0 Å². The summed E-state index contributed by atoms with van der Waals surface area (Å²) in [5, 5.41) is 3.58. The van der Waals surface area contributed by atoms with Crippen LogP contribution in [0.4, 0.5) is 0 Å². The van der Waals surface area contributed by atoms with E-state index in [1.54, 1.807) is 0 Å². The first-order valence-corrected chi connectivity index (χ1v) is 5.83. The molecule has 3 rings (SSSR count). The van der Waals surface area contributed by atoms with Gasteiger partial charge in [-0.25, -0.2) is 0 Å². The summed E-state index contributed by atoms with van der Waals surface area (Å²) in [6.45, 7) is 1.84. The first-order valence-electron chi connectivity index (χ1n) is 5.83. The van der Waals surface area contributed by atoms with Crippen LogP contribution in [-0.4, -0.2) is 19.3 Å². The van der Waals surface area contributed by atoms with Crippen LogP contribution < -0.4 is 5.32 Å². The number of benzene rings is 1. The molecular formula is C13H17NO. The number of hydrogen-bond donors (Lipinski definition) is 1. The van der Waals surface area contributed by atoms with Crippen LogP contribution in [0.25, 0.3) is 0 Å². The first kappa shape index (κ1) is 9.37. The minimum absolute atomic E-state index is 0.390. The fourth-order valence-corrected chi connectivity index (χ4v) is 2.27. The molecule has 0 aromatic heterocycles. The lowest BCUT2D eigenvalue weighted by molar-refractivity contribution is -0.00857. The number of nitrogens with one attached hydrogen (secondary N) is 1. The molecule has 1 saturated carbocycles. The van der Waals surface area contributed by atoms with Gasteiger partial charge in [0.15, 0.2) is 0 Å². The van der Waals surface area contributed by atoms with Gasteiger partial charge < -0.3 is 10.1 Å². The van der Waals surface area contributed by atoms with Gasteiger partial charge in [0.25, 0.3) is 0 Å². The van der Waals surface area contributed by atoms with Gasteiger partial charge in [0.1, 0.15) is 0 Å². The third kappa shape index (κ3) is 2.06. The summed E-state index contributed by atoms with van der Waals surface area (Å²) in [7, 11) is 0. The molecule has 2 atom stereocenters. The molecule has 0 bridgehead atoms. The Morgan fingerprint density at radius 2 is 1.93 bits per heavy atom. The third-order valence-corrected chi connectivity index (χ3v) is 3.39. The van der Waals surface area contributed by atoms with Crippen LogP contribution in [0, 0.1) is 5.92 Å². The first-order chi connectivity index (χ1) is 7.43. The van der Waals surface area contributed by atoms with Gasteiger partial charge in [-0.15, -0.1) is 0 Å². The zero-order chi connectivity index (χ0) is 10.1. The van der Waals surface area contributed by atoms with E-state index in [4.69, 9.17) is 4.74 Å². The zero-order valence-corrected chi connectivity index (χ0v) is 8.86. The molecule has 2 nitrogen and oxygen atoms in total. The summed E-state index contributed by atoms with van der Waals surface area (Å²) in [5.74, 6) is 0.842. The van der Waals surface area contributed by atoms with Crippen molar-refractivity contribution in [3.8, 4) is 0 Å². The minimum atomic E-state index is 0.390. The molecular weight excluding hydrogens is 186 g/mol. The zero-order valence-electron chi connectivity index (χ0n) is 8.86. The smallest absolute Gasteiger partial charge is 0.0728 e. The second kappa shape index (κ2) is 3.95. The summed E-state index contributed by atoms with van der Waals surface area (Å²) in [6, 6.07) is 11.0. The lowest BCUT2D eigenvalue weighted by atomic mass is 10.1. The average Bonchev–Trinajstić information content (AvgIpc) is 3.15. The van der Waals surface area contributed by atoms with Crippen LogP contribution in [0.5, 0.6) is 0 Å². The quantitative estimate of drug-likeness (QED) is 0.795. The van der Waals surface area contributed by atoms with Crippen LogP contribution in [0.15, 0.2) is 30.3 Å². The number of hydrogen-bond acceptors (Lipinski definition) is 2. The van der Waals surface area contributed by atoms with Gasteiger partial charge in [-0.05, 0) is 24.3 Å². The molecule has 1 aliphatic heterocycles. The summed E-state index contributed by atoms with van der Waals surface area (Å²) in [6.07, 6.45) is 3.20. The van der Waals surface area contributed by atoms with Gasteiger partial charge in [0.05, 0.1) is 18.8 Å². The summed E-state index contributed by atoms with van der Waals surface area (Å²) < 4.78 is 5.91. The Kier molecular flexibility index (Phi) is 2.47. The van der Waals surface area contributed by atoms with E-state index in [0.29, 0.717) is 12.1 Å². The number of ether oxygens (including phenoxy) is 1. The van der Waals surface area contributed by atoms with Crippen molar-refractivity contribution in [1.82, 2.24) is 5.32 Å². The molecule has 1 N–H and O–H groups in total. The van der Waals surface area contributed by atoms with Crippen LogP contribution in [-0.2, 0) is 4.74 Å². The van der Waals surface area contributed by atoms with E-state index in [2.05, 4.69) is 35.6 Å². The molecule has 2 heteroatoms. The largest absolute Gasteiger partial charge is 0.375 e. The molecule has 1 aliphatic carbocycles. The highest BCUT2D eigenvalue weighted by atomic mass is 16.5. The van der Waals surface area contributed by atoms with Gasteiger partial charge in [-0.2, -0.15) is 0 Å². The Morgan fingerprint density at radius 3 is 2.53 bits per heavy atom. The van der Waals surface area contributed by atoms with E-state index in [0.717, 1.165) is 19.1 Å². The van der Waals surface area contributed by atoms with Gasteiger partial charge in [-0.1, -0.05) is 30.3 Å². The highest BCUT2D eigenvalue weighted by molar-refractivity contribution is 5.19. The van der Waals surface area contributed by atoms with Gasteiger partial charge >= 0.3 is 0 Å². The van der Waals surface area contributed by atoms with E-state index in [9.17, 15) is 0 Å². The molecule has 0 spiro atoms. The van der Waals surface area contributed by atoms with E-state index in [1.807, 2.05) is 0 Å². The van der Waals surface area contributed by atoms with Crippen molar-refractivity contribution in [2.45, 2.75) is 25.0 Å². The highest BCUT2D eigenvalue weighted by Gasteiger charge is 2.35. The second-order valence-corrected chi connectivity index (χ2v) is 4.58. The molecule has 80 valence electrons. The van der Waals surface area contributed by atoms with Crippen molar-refractivity contribution in [3.63, 3.8) is 0 Å². The van der Waals surface area contributed by atoms with Crippen molar-refractivity contribution >= 4 is 0 Å². The summed E-state index contributed by atoms with van der Waals surface area (Å²) in [5.41, 5.74) is 1.34. The number of morpholine rings is 1. The topological polar surface area (TPSA) is 21.3 Å². The maximum atomic E-state index is 5.91. The van der Waals surface area contributed by atoms with Crippen molar-refractivity contribution < 1.29 is 4.74 Å². The second-order valence-electron chi connectivity index (χ2n) is 4.58. The predicted octanol–water partition coefficient (Wildman–Crippen LogP) is 2.13. The molecule has 15 heavy (non-hydrogen) atoms. The van der Waals surface area contributed by atoms with Crippen LogP contribution >= 0.6 is 0 Å². The minimum Gasteiger partial charge on any atom is -0.375 e. The fourth-order valence-electron chi connectivity index (χ4n) is 2.27. The van der Waals surface area contributed by atoms with Crippen molar-refractivity contribution in [2.75, 3.05) is 13.2 Å². The van der Waals surface area contributed by atoms with E-state index >= 15 is 0 Å². The van der Waals surface area contributed by atoms with Crippen molar-refractivity contribution in [3.05, 3.63) is 35.9 Å². The predicted molar refractivity (Wildman–Crippen MR) is 59.6 cm³/mol. The fraction of sp³-hybridized carbons (Fsp3) is 0.538. The molecule has 2 fully saturated rings. The molecule has 0 radical (unpaired) electrons. The van der Waals surface area contributed by atoms with Crippen LogP contribution in [0.2, 0.25) is 0 Å². The van der Waals surface area contributed by atoms with E-state index < -0.39 is 0 Å². The molecule has 2 aliphatic rings. The maximum absolute atomic E-state index is 5.91. The lowest BCUT2D eigenvalue weighted by Gasteiger charge is -2.30. The molecule has 1 heterocycles. The van der Waals surface area contributed by atoms with Gasteiger partial charge in [0, 0.05) is 6.54 Å². The maximum Gasteiger partial charge on any atom is 0.0728 e. The van der Waals surface area contributed by atoms with Crippen LogP contribution in [0.3, 0.4) is 0 Å². The Hall–Kier alpha value is -0.860. The molecule has 1 saturated heterocycles. The highest BCUT2D eigenvalue weighted by Crippen LogP contribution is 2.36. The average molecular weight is 203 g/mol. The normalized spacial score (nSPS) is 31.5. The Morgan fingerprint density at radius 1 is 1.13 bits per heavy atom. The molecule has 1 aromatic carbocycles. The Balaban J connectivity index is 1.61. The summed E-state index contributed by atoms with van der Waals surface area (Å²) >= 11 is 0. The van der Waals surface area contributed by atoms with Crippen molar-refractivity contribution in [1.29, 1.82) is 0 Å². The number of rotatable bonds is 2. The lowest BCUT2D eigenvalue weighted by Crippen LogP contribution is -2.42. The van der Waals surface area contributed by atoms with Crippen LogP contribution in [0.1, 0.15) is 24.4 Å². The third-order valence-electron chi connectivity index (χ3n) is 3.39. The standard InChI is InChI=1S/C13H17NO/c1-2-4-10(5-3-1)12-9-15-13(8-14-12)11-6-7-11/h1-5,11-14H,6-9H2/t12-,13?/m0/s1. The molecule has 1 aromatic rings. The molecule has 1 unspecified atom stereocenters. The SMILES string of the molecule is c1ccc([C@@H]2COC(C3CC3)CN2)cc1. The summed E-state index contributed by atoms with van der Waals surface area (Å²) in [4.78, 5) is 0. The Labute approximate surface area is 90.6 Å². The van der Waals surface area contributed by atoms with E-state index in [-0.39, 0.29) is 0 Å². The van der Waals surface area contributed by atoms with E-state index in [1.165, 1.54) is 18.4 Å². The monoisotopic (exact) mass is 203 g/mol. The van der Waals surface area contributed by atoms with Gasteiger partial charge in [-0.3, -0.25) is 0 Å². The van der Waals surface area contributed by atoms with Crippen molar-refractivity contribution in [2.24, 2.45) is 5.92 Å². The molecule has 0 amide bonds.